The first-order valence-electron chi connectivity index (χ1n) is 6.29. The van der Waals surface area contributed by atoms with E-state index in [1.54, 1.807) is 24.3 Å². The van der Waals surface area contributed by atoms with Gasteiger partial charge in [0.15, 0.2) is 0 Å². The molecule has 1 rings (SSSR count). The highest BCUT2D eigenvalue weighted by Crippen LogP contribution is 2.17. The molecule has 0 radical (unpaired) electrons. The Morgan fingerprint density at radius 2 is 2.26 bits per heavy atom. The van der Waals surface area contributed by atoms with Crippen LogP contribution in [0.4, 0.5) is 0 Å². The van der Waals surface area contributed by atoms with Crippen LogP contribution in [0.15, 0.2) is 24.3 Å². The van der Waals surface area contributed by atoms with Crippen LogP contribution in [-0.2, 0) is 4.79 Å². The smallest absolute Gasteiger partial charge is 0.223 e. The SMILES string of the molecule is CCC(C)(CO)NC(=O)CCOc1cccc(Cl)c1. The van der Waals surface area contributed by atoms with Gasteiger partial charge in [0.05, 0.1) is 25.2 Å². The lowest BCUT2D eigenvalue weighted by Crippen LogP contribution is -2.48. The van der Waals surface area contributed by atoms with Crippen LogP contribution in [0.25, 0.3) is 0 Å². The van der Waals surface area contributed by atoms with Crippen molar-refractivity contribution in [1.29, 1.82) is 0 Å². The molecule has 0 heterocycles. The molecule has 0 spiro atoms. The third-order valence-corrected chi connectivity index (χ3v) is 3.20. The molecule has 5 heteroatoms. The topological polar surface area (TPSA) is 58.6 Å². The molecule has 1 amide bonds. The van der Waals surface area contributed by atoms with Crippen molar-refractivity contribution in [3.8, 4) is 5.75 Å². The zero-order valence-corrected chi connectivity index (χ0v) is 12.0. The molecular formula is C14H20ClNO3. The fourth-order valence-corrected chi connectivity index (χ4v) is 1.64. The van der Waals surface area contributed by atoms with Crippen LogP contribution in [0.1, 0.15) is 26.7 Å². The average Bonchev–Trinajstić information content (AvgIpc) is 2.38. The van der Waals surface area contributed by atoms with E-state index >= 15 is 0 Å². The molecule has 0 bridgehead atoms. The van der Waals surface area contributed by atoms with E-state index in [0.29, 0.717) is 17.2 Å². The number of carbonyl (C=O) groups is 1. The molecule has 0 aliphatic carbocycles. The van der Waals surface area contributed by atoms with Crippen molar-refractivity contribution in [2.24, 2.45) is 0 Å². The van der Waals surface area contributed by atoms with Crippen LogP contribution in [0.3, 0.4) is 0 Å². The number of nitrogens with one attached hydrogen (secondary N) is 1. The van der Waals surface area contributed by atoms with E-state index in [1.807, 2.05) is 13.8 Å². The summed E-state index contributed by atoms with van der Waals surface area (Å²) in [5.41, 5.74) is -0.562. The fraction of sp³-hybridized carbons (Fsp3) is 0.500. The lowest BCUT2D eigenvalue weighted by molar-refractivity contribution is -0.123. The lowest BCUT2D eigenvalue weighted by Gasteiger charge is -2.27. The number of rotatable bonds is 7. The van der Waals surface area contributed by atoms with E-state index in [4.69, 9.17) is 16.3 Å². The molecule has 1 aromatic carbocycles. The summed E-state index contributed by atoms with van der Waals surface area (Å²) in [6.07, 6.45) is 0.909. The van der Waals surface area contributed by atoms with Crippen LogP contribution < -0.4 is 10.1 Å². The largest absolute Gasteiger partial charge is 0.493 e. The number of halogens is 1. The van der Waals surface area contributed by atoms with Gasteiger partial charge in [-0.25, -0.2) is 0 Å². The highest BCUT2D eigenvalue weighted by Gasteiger charge is 2.22. The maximum Gasteiger partial charge on any atom is 0.223 e. The van der Waals surface area contributed by atoms with E-state index in [1.165, 1.54) is 0 Å². The number of hydrogen-bond donors (Lipinski definition) is 2. The fourth-order valence-electron chi connectivity index (χ4n) is 1.46. The van der Waals surface area contributed by atoms with E-state index in [-0.39, 0.29) is 25.5 Å². The minimum atomic E-state index is -0.562. The Bertz CT molecular complexity index is 419. The number of amides is 1. The Labute approximate surface area is 118 Å². The predicted octanol–water partition coefficient (Wildman–Crippen LogP) is 2.39. The number of benzene rings is 1. The maximum absolute atomic E-state index is 11.7. The zero-order chi connectivity index (χ0) is 14.3. The Balaban J connectivity index is 2.35. The number of aliphatic hydroxyl groups excluding tert-OH is 1. The third kappa shape index (κ3) is 5.49. The second-order valence-electron chi connectivity index (χ2n) is 4.68. The molecule has 0 aromatic heterocycles. The summed E-state index contributed by atoms with van der Waals surface area (Å²) < 4.78 is 5.43. The zero-order valence-electron chi connectivity index (χ0n) is 11.3. The van der Waals surface area contributed by atoms with Gasteiger partial charge in [0.25, 0.3) is 0 Å². The second-order valence-corrected chi connectivity index (χ2v) is 5.11. The van der Waals surface area contributed by atoms with Gasteiger partial charge in [-0.3, -0.25) is 4.79 Å². The van der Waals surface area contributed by atoms with Crippen molar-refractivity contribution < 1.29 is 14.6 Å². The van der Waals surface area contributed by atoms with Gasteiger partial charge in [0, 0.05) is 5.02 Å². The molecule has 0 fully saturated rings. The quantitative estimate of drug-likeness (QED) is 0.809. The Kier molecular flexibility index (Phi) is 6.12. The predicted molar refractivity (Wildman–Crippen MR) is 75.5 cm³/mol. The molecule has 1 aromatic rings. The van der Waals surface area contributed by atoms with Crippen LogP contribution in [0, 0.1) is 0 Å². The molecule has 0 aliphatic rings. The minimum Gasteiger partial charge on any atom is -0.493 e. The highest BCUT2D eigenvalue weighted by atomic mass is 35.5. The van der Waals surface area contributed by atoms with Crippen LogP contribution >= 0.6 is 11.6 Å². The van der Waals surface area contributed by atoms with Gasteiger partial charge in [0.2, 0.25) is 5.91 Å². The molecule has 0 aliphatic heterocycles. The summed E-state index contributed by atoms with van der Waals surface area (Å²) in [5, 5.41) is 12.6. The maximum atomic E-state index is 11.7. The molecule has 0 saturated heterocycles. The second kappa shape index (κ2) is 7.36. The van der Waals surface area contributed by atoms with E-state index in [2.05, 4.69) is 5.32 Å². The van der Waals surface area contributed by atoms with E-state index in [9.17, 15) is 9.90 Å². The van der Waals surface area contributed by atoms with Crippen LogP contribution in [0.5, 0.6) is 5.75 Å². The first-order valence-corrected chi connectivity index (χ1v) is 6.67. The molecule has 4 nitrogen and oxygen atoms in total. The van der Waals surface area contributed by atoms with Crippen molar-refractivity contribution in [2.75, 3.05) is 13.2 Å². The number of aliphatic hydroxyl groups is 1. The van der Waals surface area contributed by atoms with Gasteiger partial charge in [-0.1, -0.05) is 24.6 Å². The van der Waals surface area contributed by atoms with Gasteiger partial charge < -0.3 is 15.2 Å². The first kappa shape index (κ1) is 15.8. The van der Waals surface area contributed by atoms with Gasteiger partial charge in [-0.05, 0) is 31.5 Å². The molecule has 0 saturated carbocycles. The van der Waals surface area contributed by atoms with Gasteiger partial charge in [-0.2, -0.15) is 0 Å². The van der Waals surface area contributed by atoms with Crippen molar-refractivity contribution in [3.05, 3.63) is 29.3 Å². The summed E-state index contributed by atoms with van der Waals surface area (Å²) in [7, 11) is 0. The number of carbonyl (C=O) groups excluding carboxylic acids is 1. The van der Waals surface area contributed by atoms with E-state index in [0.717, 1.165) is 0 Å². The normalized spacial score (nSPS) is 13.7. The van der Waals surface area contributed by atoms with E-state index < -0.39 is 5.54 Å². The lowest BCUT2D eigenvalue weighted by atomic mass is 10.0. The van der Waals surface area contributed by atoms with Crippen molar-refractivity contribution in [1.82, 2.24) is 5.32 Å². The van der Waals surface area contributed by atoms with Gasteiger partial charge in [0.1, 0.15) is 5.75 Å². The Morgan fingerprint density at radius 1 is 1.53 bits per heavy atom. The number of ether oxygens (including phenoxy) is 1. The minimum absolute atomic E-state index is 0.0790. The Hall–Kier alpha value is -1.26. The van der Waals surface area contributed by atoms with Gasteiger partial charge >= 0.3 is 0 Å². The van der Waals surface area contributed by atoms with Crippen LogP contribution in [-0.4, -0.2) is 29.8 Å². The molecule has 19 heavy (non-hydrogen) atoms. The molecule has 2 N–H and O–H groups in total. The first-order chi connectivity index (χ1) is 8.99. The molecular weight excluding hydrogens is 266 g/mol. The van der Waals surface area contributed by atoms with Crippen molar-refractivity contribution >= 4 is 17.5 Å². The van der Waals surface area contributed by atoms with Crippen molar-refractivity contribution in [2.45, 2.75) is 32.2 Å². The standard InChI is InChI=1S/C14H20ClNO3/c1-3-14(2,10-17)16-13(18)7-8-19-12-6-4-5-11(15)9-12/h4-6,9,17H,3,7-8,10H2,1-2H3,(H,16,18). The third-order valence-electron chi connectivity index (χ3n) is 2.96. The summed E-state index contributed by atoms with van der Waals surface area (Å²) in [6.45, 7) is 3.92. The highest BCUT2D eigenvalue weighted by molar-refractivity contribution is 6.30. The van der Waals surface area contributed by atoms with Crippen molar-refractivity contribution in [3.63, 3.8) is 0 Å². The van der Waals surface area contributed by atoms with Gasteiger partial charge in [-0.15, -0.1) is 0 Å². The molecule has 1 unspecified atom stereocenters. The summed E-state index contributed by atoms with van der Waals surface area (Å²) in [4.78, 5) is 11.7. The summed E-state index contributed by atoms with van der Waals surface area (Å²) in [5.74, 6) is 0.501. The molecule has 106 valence electrons. The number of hydrogen-bond acceptors (Lipinski definition) is 3. The monoisotopic (exact) mass is 285 g/mol. The summed E-state index contributed by atoms with van der Waals surface area (Å²) in [6, 6.07) is 7.03. The summed E-state index contributed by atoms with van der Waals surface area (Å²) >= 11 is 5.82. The van der Waals surface area contributed by atoms with Crippen LogP contribution in [0.2, 0.25) is 5.02 Å². The Morgan fingerprint density at radius 3 is 2.84 bits per heavy atom. The average molecular weight is 286 g/mol. The molecule has 1 atom stereocenters.